The van der Waals surface area contributed by atoms with Gasteiger partial charge < -0.3 is 37.6 Å². The van der Waals surface area contributed by atoms with Crippen LogP contribution in [-0.2, 0) is 19.2 Å². The number of aliphatic hydroxyl groups excluding tert-OH is 1. The van der Waals surface area contributed by atoms with Crippen molar-refractivity contribution in [3.8, 4) is 0 Å². The molecular weight excluding hydrogens is 438 g/mol. The van der Waals surface area contributed by atoms with Crippen molar-refractivity contribution in [3.05, 3.63) is 0 Å². The molecule has 3 amide bonds. The van der Waals surface area contributed by atoms with Crippen LogP contribution in [0, 0.1) is 5.92 Å². The lowest BCUT2D eigenvalue weighted by Crippen LogP contribution is -2.60. The number of carboxylic acid groups (broad SMARTS) is 1. The van der Waals surface area contributed by atoms with Crippen molar-refractivity contribution in [2.75, 3.05) is 18.6 Å². The van der Waals surface area contributed by atoms with Crippen molar-refractivity contribution in [1.82, 2.24) is 16.0 Å². The zero-order valence-corrected chi connectivity index (χ0v) is 20.1. The van der Waals surface area contributed by atoms with Crippen molar-refractivity contribution in [1.29, 1.82) is 0 Å². The molecule has 0 saturated carbocycles. The number of carbonyl (C=O) groups is 4. The van der Waals surface area contributed by atoms with E-state index in [1.807, 2.05) is 6.26 Å². The molecule has 11 nitrogen and oxygen atoms in total. The largest absolute Gasteiger partial charge is 0.480 e. The Bertz CT molecular complexity index is 619. The van der Waals surface area contributed by atoms with Gasteiger partial charge in [-0.2, -0.15) is 11.8 Å². The maximum absolute atomic E-state index is 12.8. The number of amides is 3. The van der Waals surface area contributed by atoms with Crippen molar-refractivity contribution in [3.63, 3.8) is 0 Å². The Morgan fingerprint density at radius 1 is 0.906 bits per heavy atom. The summed E-state index contributed by atoms with van der Waals surface area (Å²) in [7, 11) is 0. The molecule has 0 saturated heterocycles. The van der Waals surface area contributed by atoms with Crippen LogP contribution >= 0.6 is 11.8 Å². The van der Waals surface area contributed by atoms with Crippen LogP contribution in [0.3, 0.4) is 0 Å². The molecule has 186 valence electrons. The molecule has 0 aliphatic carbocycles. The van der Waals surface area contributed by atoms with E-state index in [1.54, 1.807) is 13.8 Å². The standard InChI is InChI=1S/C20H39N5O6S/c1-11(2)15(18(28)23-14(20(30)31)8-10-32-4)24-19(29)16(12(3)26)25-17(27)13(22)7-5-6-9-21/h11-16,26H,5-10,21-22H2,1-4H3,(H,23,28)(H,24,29)(H,25,27)(H,30,31). The molecule has 5 unspecified atom stereocenters. The second kappa shape index (κ2) is 15.8. The Labute approximate surface area is 193 Å². The maximum Gasteiger partial charge on any atom is 0.326 e. The normalized spacial score (nSPS) is 15.9. The lowest BCUT2D eigenvalue weighted by atomic mass is 10.0. The highest BCUT2D eigenvalue weighted by molar-refractivity contribution is 7.98. The molecule has 0 heterocycles. The van der Waals surface area contributed by atoms with Crippen LogP contribution < -0.4 is 27.4 Å². The number of carboxylic acids is 1. The molecule has 5 atom stereocenters. The molecule has 0 aromatic carbocycles. The predicted octanol–water partition coefficient (Wildman–Crippen LogP) is -1.23. The fourth-order valence-corrected chi connectivity index (χ4v) is 3.31. The third-order valence-corrected chi connectivity index (χ3v) is 5.48. The average Bonchev–Trinajstić information content (AvgIpc) is 2.71. The minimum absolute atomic E-state index is 0.232. The smallest absolute Gasteiger partial charge is 0.326 e. The number of hydrogen-bond donors (Lipinski definition) is 7. The molecule has 9 N–H and O–H groups in total. The first kappa shape index (κ1) is 30.1. The Morgan fingerprint density at radius 2 is 1.47 bits per heavy atom. The zero-order valence-electron chi connectivity index (χ0n) is 19.3. The number of carbonyl (C=O) groups excluding carboxylic acids is 3. The number of aliphatic carboxylic acids is 1. The molecule has 0 bridgehead atoms. The summed E-state index contributed by atoms with van der Waals surface area (Å²) in [4.78, 5) is 49.2. The van der Waals surface area contributed by atoms with Gasteiger partial charge in [0.25, 0.3) is 0 Å². The van der Waals surface area contributed by atoms with Crippen LogP contribution in [0.25, 0.3) is 0 Å². The van der Waals surface area contributed by atoms with Gasteiger partial charge in [0.2, 0.25) is 17.7 Å². The summed E-state index contributed by atoms with van der Waals surface area (Å²) in [6.45, 7) is 5.18. The average molecular weight is 478 g/mol. The highest BCUT2D eigenvalue weighted by Gasteiger charge is 2.33. The van der Waals surface area contributed by atoms with Gasteiger partial charge in [0.15, 0.2) is 0 Å². The number of aliphatic hydroxyl groups is 1. The van der Waals surface area contributed by atoms with Crippen molar-refractivity contribution >= 4 is 35.5 Å². The van der Waals surface area contributed by atoms with Crippen LogP contribution in [0.4, 0.5) is 0 Å². The Balaban J connectivity index is 5.21. The Morgan fingerprint density at radius 3 is 1.94 bits per heavy atom. The number of thioether (sulfide) groups is 1. The predicted molar refractivity (Wildman–Crippen MR) is 124 cm³/mol. The molecule has 0 radical (unpaired) electrons. The van der Waals surface area contributed by atoms with Crippen LogP contribution in [0.1, 0.15) is 46.5 Å². The summed E-state index contributed by atoms with van der Waals surface area (Å²) in [5.41, 5.74) is 11.3. The van der Waals surface area contributed by atoms with Gasteiger partial charge in [0.1, 0.15) is 18.1 Å². The monoisotopic (exact) mass is 477 g/mol. The van der Waals surface area contributed by atoms with Gasteiger partial charge in [-0.15, -0.1) is 0 Å². The molecular formula is C20H39N5O6S. The summed E-state index contributed by atoms with van der Waals surface area (Å²) in [5.74, 6) is -3.03. The van der Waals surface area contributed by atoms with E-state index in [-0.39, 0.29) is 12.3 Å². The van der Waals surface area contributed by atoms with Crippen LogP contribution in [0.15, 0.2) is 0 Å². The molecule has 0 spiro atoms. The van der Waals surface area contributed by atoms with Gasteiger partial charge in [0, 0.05) is 0 Å². The minimum atomic E-state index is -1.33. The third kappa shape index (κ3) is 11.1. The third-order valence-electron chi connectivity index (χ3n) is 4.84. The molecule has 0 fully saturated rings. The number of hydrogen-bond acceptors (Lipinski definition) is 8. The quantitative estimate of drug-likeness (QED) is 0.133. The second-order valence-corrected chi connectivity index (χ2v) is 9.01. The van der Waals surface area contributed by atoms with E-state index in [4.69, 9.17) is 11.5 Å². The highest BCUT2D eigenvalue weighted by atomic mass is 32.2. The van der Waals surface area contributed by atoms with Gasteiger partial charge in [-0.05, 0) is 50.7 Å². The number of nitrogens with one attached hydrogen (secondary N) is 3. The first-order valence-electron chi connectivity index (χ1n) is 10.7. The van der Waals surface area contributed by atoms with E-state index in [0.29, 0.717) is 31.6 Å². The van der Waals surface area contributed by atoms with Gasteiger partial charge in [-0.25, -0.2) is 4.79 Å². The fourth-order valence-electron chi connectivity index (χ4n) is 2.84. The number of nitrogens with two attached hydrogens (primary N) is 2. The van der Waals surface area contributed by atoms with E-state index < -0.39 is 54.0 Å². The summed E-state index contributed by atoms with van der Waals surface area (Å²) in [6.07, 6.45) is 2.54. The lowest BCUT2D eigenvalue weighted by molar-refractivity contribution is -0.142. The Hall–Kier alpha value is -1.89. The highest BCUT2D eigenvalue weighted by Crippen LogP contribution is 2.07. The summed E-state index contributed by atoms with van der Waals surface area (Å²) in [6, 6.07) is -4.35. The second-order valence-electron chi connectivity index (χ2n) is 8.03. The van der Waals surface area contributed by atoms with E-state index >= 15 is 0 Å². The minimum Gasteiger partial charge on any atom is -0.480 e. The van der Waals surface area contributed by atoms with Crippen molar-refractivity contribution < 1.29 is 29.4 Å². The van der Waals surface area contributed by atoms with Crippen LogP contribution in [0.2, 0.25) is 0 Å². The molecule has 0 rings (SSSR count). The molecule has 0 aliphatic rings. The number of rotatable bonds is 16. The summed E-state index contributed by atoms with van der Waals surface area (Å²) < 4.78 is 0. The van der Waals surface area contributed by atoms with E-state index in [9.17, 15) is 29.4 Å². The molecule has 32 heavy (non-hydrogen) atoms. The topological polar surface area (TPSA) is 197 Å². The lowest BCUT2D eigenvalue weighted by Gasteiger charge is -2.28. The Kier molecular flexibility index (Phi) is 14.9. The van der Waals surface area contributed by atoms with E-state index in [0.717, 1.165) is 0 Å². The van der Waals surface area contributed by atoms with E-state index in [1.165, 1.54) is 18.7 Å². The number of unbranched alkanes of at least 4 members (excludes halogenated alkanes) is 1. The van der Waals surface area contributed by atoms with E-state index in [2.05, 4.69) is 16.0 Å². The van der Waals surface area contributed by atoms with Crippen molar-refractivity contribution in [2.45, 2.75) is 76.7 Å². The molecule has 12 heteroatoms. The molecule has 0 aliphatic heterocycles. The van der Waals surface area contributed by atoms with Gasteiger partial charge in [0.05, 0.1) is 12.1 Å². The SMILES string of the molecule is CSCCC(NC(=O)C(NC(=O)C(NC(=O)C(N)CCCCN)C(C)O)C(C)C)C(=O)O. The zero-order chi connectivity index (χ0) is 24.8. The maximum atomic E-state index is 12.8. The van der Waals surface area contributed by atoms with Gasteiger partial charge in [-0.3, -0.25) is 14.4 Å². The molecule has 0 aromatic heterocycles. The van der Waals surface area contributed by atoms with Gasteiger partial charge in [-0.1, -0.05) is 20.3 Å². The first-order valence-corrected chi connectivity index (χ1v) is 12.1. The van der Waals surface area contributed by atoms with Crippen molar-refractivity contribution in [2.24, 2.45) is 17.4 Å². The summed E-state index contributed by atoms with van der Waals surface area (Å²) in [5, 5.41) is 26.7. The first-order chi connectivity index (χ1) is 15.0. The molecule has 0 aromatic rings. The van der Waals surface area contributed by atoms with Crippen LogP contribution in [-0.4, -0.2) is 82.7 Å². The van der Waals surface area contributed by atoms with Gasteiger partial charge >= 0.3 is 5.97 Å². The summed E-state index contributed by atoms with van der Waals surface area (Å²) >= 11 is 1.45. The fraction of sp³-hybridized carbons (Fsp3) is 0.800. The van der Waals surface area contributed by atoms with Crippen LogP contribution in [0.5, 0.6) is 0 Å².